The molecule has 2 N–H and O–H groups in total. The van der Waals surface area contributed by atoms with Crippen molar-refractivity contribution in [2.24, 2.45) is 0 Å². The van der Waals surface area contributed by atoms with Crippen molar-refractivity contribution in [2.45, 2.75) is 19.1 Å². The lowest BCUT2D eigenvalue weighted by atomic mass is 9.97. The first-order chi connectivity index (χ1) is 14.0. The standard InChI is InChI=1S/C22H18O7/c1-10(8-23)16-6-13-15(28-16)4-3-11-21(25)20-12-5-18(26-2)14(24)7-17(12)27-9-19(20)29-22(11)13/h3-5,7,16,23-24H,1,6,8-9H2,2H3/t16-/m1/s1. The largest absolute Gasteiger partial charge is 0.504 e. The highest BCUT2D eigenvalue weighted by atomic mass is 16.5. The second-order valence-corrected chi connectivity index (χ2v) is 7.08. The number of methoxy groups -OCH3 is 1. The minimum absolute atomic E-state index is 0.0648. The van der Waals surface area contributed by atoms with Gasteiger partial charge in [0.15, 0.2) is 17.3 Å². The van der Waals surface area contributed by atoms with Crippen molar-refractivity contribution in [3.8, 4) is 34.1 Å². The molecule has 0 bridgehead atoms. The summed E-state index contributed by atoms with van der Waals surface area (Å²) in [5, 5.41) is 19.8. The molecule has 2 aliphatic heterocycles. The van der Waals surface area contributed by atoms with Gasteiger partial charge >= 0.3 is 0 Å². The summed E-state index contributed by atoms with van der Waals surface area (Å²) in [5.74, 6) is 1.59. The van der Waals surface area contributed by atoms with Crippen molar-refractivity contribution in [3.05, 3.63) is 58.0 Å². The number of hydrogen-bond donors (Lipinski definition) is 2. The molecule has 3 heterocycles. The average Bonchev–Trinajstić information content (AvgIpc) is 3.17. The molecule has 0 amide bonds. The number of benzene rings is 2. The van der Waals surface area contributed by atoms with E-state index >= 15 is 0 Å². The number of fused-ring (bicyclic) bond motifs is 6. The fourth-order valence-electron chi connectivity index (χ4n) is 3.90. The van der Waals surface area contributed by atoms with Gasteiger partial charge in [-0.25, -0.2) is 0 Å². The minimum Gasteiger partial charge on any atom is -0.504 e. The van der Waals surface area contributed by atoms with Gasteiger partial charge < -0.3 is 28.8 Å². The van der Waals surface area contributed by atoms with Crippen LogP contribution in [0.3, 0.4) is 0 Å². The molecule has 7 nitrogen and oxygen atoms in total. The van der Waals surface area contributed by atoms with Gasteiger partial charge in [0.25, 0.3) is 0 Å². The number of aliphatic hydroxyl groups excluding tert-OH is 1. The van der Waals surface area contributed by atoms with Crippen LogP contribution in [-0.2, 0) is 13.0 Å². The predicted octanol–water partition coefficient (Wildman–Crippen LogP) is 2.92. The highest BCUT2D eigenvalue weighted by Crippen LogP contribution is 2.44. The number of aromatic hydroxyl groups is 1. The Morgan fingerprint density at radius 3 is 2.90 bits per heavy atom. The van der Waals surface area contributed by atoms with Gasteiger partial charge in [-0.1, -0.05) is 6.58 Å². The van der Waals surface area contributed by atoms with Crippen LogP contribution in [-0.4, -0.2) is 30.0 Å². The Morgan fingerprint density at radius 1 is 1.31 bits per heavy atom. The SMILES string of the molecule is C=C(CO)[C@H]1Cc2c(ccc3c(=O)c4c(oc23)COc2cc(O)c(OC)cc2-4)O1. The van der Waals surface area contributed by atoms with Crippen molar-refractivity contribution in [2.75, 3.05) is 13.7 Å². The first-order valence-electron chi connectivity index (χ1n) is 9.12. The average molecular weight is 394 g/mol. The van der Waals surface area contributed by atoms with E-state index in [-0.39, 0.29) is 36.2 Å². The molecule has 2 aliphatic rings. The van der Waals surface area contributed by atoms with Crippen LogP contribution in [0.1, 0.15) is 11.3 Å². The molecular weight excluding hydrogens is 376 g/mol. The Morgan fingerprint density at radius 2 is 2.14 bits per heavy atom. The zero-order valence-corrected chi connectivity index (χ0v) is 15.7. The molecule has 5 rings (SSSR count). The van der Waals surface area contributed by atoms with E-state index in [1.807, 2.05) is 0 Å². The number of hydrogen-bond acceptors (Lipinski definition) is 7. The third kappa shape index (κ3) is 2.51. The number of aliphatic hydroxyl groups is 1. The van der Waals surface area contributed by atoms with Crippen molar-refractivity contribution in [1.82, 2.24) is 0 Å². The Hall–Kier alpha value is -3.45. The Bertz CT molecular complexity index is 1240. The van der Waals surface area contributed by atoms with Gasteiger partial charge in [-0.2, -0.15) is 0 Å². The Balaban J connectivity index is 1.72. The summed E-state index contributed by atoms with van der Waals surface area (Å²) < 4.78 is 22.9. The van der Waals surface area contributed by atoms with Gasteiger partial charge in [-0.3, -0.25) is 4.79 Å². The Labute approximate surface area is 165 Å². The van der Waals surface area contributed by atoms with Crippen LogP contribution in [0.5, 0.6) is 23.0 Å². The zero-order chi connectivity index (χ0) is 20.3. The molecule has 1 atom stereocenters. The first-order valence-corrected chi connectivity index (χ1v) is 9.12. The maximum Gasteiger partial charge on any atom is 0.201 e. The van der Waals surface area contributed by atoms with E-state index in [9.17, 15) is 15.0 Å². The zero-order valence-electron chi connectivity index (χ0n) is 15.7. The third-order valence-electron chi connectivity index (χ3n) is 5.42. The smallest absolute Gasteiger partial charge is 0.201 e. The van der Waals surface area contributed by atoms with Gasteiger partial charge in [-0.05, 0) is 23.8 Å². The van der Waals surface area contributed by atoms with Gasteiger partial charge in [0, 0.05) is 23.6 Å². The van der Waals surface area contributed by atoms with E-state index in [2.05, 4.69) is 6.58 Å². The number of ether oxygens (including phenoxy) is 3. The number of rotatable bonds is 3. The summed E-state index contributed by atoms with van der Waals surface area (Å²) in [7, 11) is 1.44. The van der Waals surface area contributed by atoms with Crippen molar-refractivity contribution >= 4 is 11.0 Å². The molecule has 0 spiro atoms. The van der Waals surface area contributed by atoms with E-state index in [0.717, 1.165) is 5.56 Å². The molecule has 29 heavy (non-hydrogen) atoms. The lowest BCUT2D eigenvalue weighted by Crippen LogP contribution is -2.17. The van der Waals surface area contributed by atoms with Crippen molar-refractivity contribution < 1.29 is 28.8 Å². The molecule has 0 saturated carbocycles. The lowest BCUT2D eigenvalue weighted by molar-refractivity contribution is 0.234. The molecule has 0 fully saturated rings. The quantitative estimate of drug-likeness (QED) is 0.659. The van der Waals surface area contributed by atoms with Gasteiger partial charge in [0.2, 0.25) is 5.43 Å². The fourth-order valence-corrected chi connectivity index (χ4v) is 3.90. The Kier molecular flexibility index (Phi) is 3.82. The fraction of sp³-hybridized carbons (Fsp3) is 0.227. The molecule has 0 unspecified atom stereocenters. The second kappa shape index (κ2) is 6.28. The van der Waals surface area contributed by atoms with Gasteiger partial charge in [-0.15, -0.1) is 0 Å². The molecule has 0 saturated heterocycles. The highest BCUT2D eigenvalue weighted by molar-refractivity contribution is 5.89. The van der Waals surface area contributed by atoms with E-state index in [4.69, 9.17) is 18.6 Å². The van der Waals surface area contributed by atoms with Crippen LogP contribution in [0.2, 0.25) is 0 Å². The molecule has 148 valence electrons. The molecule has 0 radical (unpaired) electrons. The summed E-state index contributed by atoms with van der Waals surface area (Å²) in [6.45, 7) is 3.73. The summed E-state index contributed by atoms with van der Waals surface area (Å²) in [4.78, 5) is 13.4. The van der Waals surface area contributed by atoms with Crippen LogP contribution in [0, 0.1) is 0 Å². The van der Waals surface area contributed by atoms with E-state index in [0.29, 0.717) is 51.3 Å². The second-order valence-electron chi connectivity index (χ2n) is 7.08. The summed E-state index contributed by atoms with van der Waals surface area (Å²) >= 11 is 0. The highest BCUT2D eigenvalue weighted by Gasteiger charge is 2.31. The number of phenolic OH excluding ortho intramolecular Hbond substituents is 1. The monoisotopic (exact) mass is 394 g/mol. The van der Waals surface area contributed by atoms with Crippen LogP contribution in [0.4, 0.5) is 0 Å². The van der Waals surface area contributed by atoms with Crippen molar-refractivity contribution in [1.29, 1.82) is 0 Å². The molecule has 2 aromatic carbocycles. The normalized spacial score (nSPS) is 16.4. The summed E-state index contributed by atoms with van der Waals surface area (Å²) in [5.41, 5.74) is 2.52. The van der Waals surface area contributed by atoms with Gasteiger partial charge in [0.1, 0.15) is 29.8 Å². The summed E-state index contributed by atoms with van der Waals surface area (Å²) in [6.07, 6.45) is 0.110. The minimum atomic E-state index is -0.355. The van der Waals surface area contributed by atoms with Crippen LogP contribution in [0.25, 0.3) is 22.1 Å². The molecule has 0 aliphatic carbocycles. The van der Waals surface area contributed by atoms with Crippen molar-refractivity contribution in [3.63, 3.8) is 0 Å². The van der Waals surface area contributed by atoms with Crippen LogP contribution in [0.15, 0.2) is 45.6 Å². The molecule has 3 aromatic rings. The predicted molar refractivity (Wildman–Crippen MR) is 105 cm³/mol. The maximum atomic E-state index is 13.4. The third-order valence-corrected chi connectivity index (χ3v) is 5.42. The topological polar surface area (TPSA) is 98.4 Å². The maximum absolute atomic E-state index is 13.4. The van der Waals surface area contributed by atoms with E-state index in [1.165, 1.54) is 13.2 Å². The summed E-state index contributed by atoms with van der Waals surface area (Å²) in [6, 6.07) is 6.42. The molecule has 1 aromatic heterocycles. The van der Waals surface area contributed by atoms with E-state index < -0.39 is 0 Å². The van der Waals surface area contributed by atoms with E-state index in [1.54, 1.807) is 18.2 Å². The van der Waals surface area contributed by atoms with Gasteiger partial charge in [0.05, 0.1) is 24.7 Å². The van der Waals surface area contributed by atoms with Crippen LogP contribution >= 0.6 is 0 Å². The van der Waals surface area contributed by atoms with Crippen LogP contribution < -0.4 is 19.6 Å². The number of phenols is 1. The lowest BCUT2D eigenvalue weighted by Gasteiger charge is -2.21. The first kappa shape index (κ1) is 17.6. The molecule has 7 heteroatoms. The molecular formula is C22H18O7.